The Morgan fingerprint density at radius 2 is 2.33 bits per heavy atom. The van der Waals surface area contributed by atoms with Crippen molar-refractivity contribution in [3.05, 3.63) is 5.28 Å². The van der Waals surface area contributed by atoms with Crippen LogP contribution in [0.2, 0.25) is 5.28 Å². The van der Waals surface area contributed by atoms with Crippen LogP contribution in [0.4, 0.5) is 5.95 Å². The summed E-state index contributed by atoms with van der Waals surface area (Å²) in [6.07, 6.45) is 1.05. The fraction of sp³-hybridized carbons (Fsp3) is 0.625. The first-order chi connectivity index (χ1) is 7.28. The number of halogens is 1. The van der Waals surface area contributed by atoms with Gasteiger partial charge in [-0.3, -0.25) is 0 Å². The number of rotatable bonds is 3. The van der Waals surface area contributed by atoms with E-state index in [2.05, 4.69) is 25.6 Å². The minimum atomic E-state index is 0.135. The van der Waals surface area contributed by atoms with Crippen molar-refractivity contribution >= 4 is 17.5 Å². The summed E-state index contributed by atoms with van der Waals surface area (Å²) in [5.74, 6) is 0.459. The SMILES string of the molecule is COc1nc(Cl)nc(NC2CCNC2)n1. The highest BCUT2D eigenvalue weighted by atomic mass is 35.5. The minimum absolute atomic E-state index is 0.135. The van der Waals surface area contributed by atoms with Gasteiger partial charge < -0.3 is 15.4 Å². The molecule has 0 aliphatic carbocycles. The van der Waals surface area contributed by atoms with Crippen LogP contribution in [-0.2, 0) is 0 Å². The molecule has 2 heterocycles. The van der Waals surface area contributed by atoms with Crippen LogP contribution in [0.15, 0.2) is 0 Å². The van der Waals surface area contributed by atoms with Crippen molar-refractivity contribution in [3.8, 4) is 6.01 Å². The molecule has 1 unspecified atom stereocenters. The predicted octanol–water partition coefficient (Wildman–Crippen LogP) is 0.307. The van der Waals surface area contributed by atoms with Gasteiger partial charge in [0.25, 0.3) is 0 Å². The van der Waals surface area contributed by atoms with E-state index in [-0.39, 0.29) is 11.3 Å². The monoisotopic (exact) mass is 229 g/mol. The number of nitrogens with one attached hydrogen (secondary N) is 2. The molecule has 1 saturated heterocycles. The van der Waals surface area contributed by atoms with Gasteiger partial charge in [-0.2, -0.15) is 15.0 Å². The quantitative estimate of drug-likeness (QED) is 0.777. The lowest BCUT2D eigenvalue weighted by Gasteiger charge is -2.11. The lowest BCUT2D eigenvalue weighted by Crippen LogP contribution is -2.23. The maximum absolute atomic E-state index is 5.72. The molecule has 1 aliphatic rings. The Hall–Kier alpha value is -1.14. The normalized spacial score (nSPS) is 20.3. The molecule has 7 heteroatoms. The van der Waals surface area contributed by atoms with Crippen molar-refractivity contribution in [1.29, 1.82) is 0 Å². The van der Waals surface area contributed by atoms with E-state index in [1.807, 2.05) is 0 Å². The van der Waals surface area contributed by atoms with E-state index in [4.69, 9.17) is 16.3 Å². The molecule has 1 fully saturated rings. The van der Waals surface area contributed by atoms with Crippen molar-refractivity contribution in [1.82, 2.24) is 20.3 Å². The summed E-state index contributed by atoms with van der Waals surface area (Å²) in [6.45, 7) is 1.92. The third-order valence-electron chi connectivity index (χ3n) is 2.16. The average Bonchev–Trinajstić information content (AvgIpc) is 2.69. The molecule has 1 atom stereocenters. The van der Waals surface area contributed by atoms with Crippen LogP contribution in [0, 0.1) is 0 Å². The van der Waals surface area contributed by atoms with Gasteiger partial charge in [0, 0.05) is 12.6 Å². The Bertz CT molecular complexity index is 342. The van der Waals surface area contributed by atoms with Crippen LogP contribution in [0.5, 0.6) is 6.01 Å². The first kappa shape index (κ1) is 10.4. The van der Waals surface area contributed by atoms with Gasteiger partial charge in [0.05, 0.1) is 7.11 Å². The van der Waals surface area contributed by atoms with E-state index in [0.717, 1.165) is 19.5 Å². The summed E-state index contributed by atoms with van der Waals surface area (Å²) in [5.41, 5.74) is 0. The van der Waals surface area contributed by atoms with E-state index in [1.54, 1.807) is 0 Å². The molecule has 1 aliphatic heterocycles. The van der Waals surface area contributed by atoms with Gasteiger partial charge in [-0.1, -0.05) is 0 Å². The lowest BCUT2D eigenvalue weighted by molar-refractivity contribution is 0.378. The smallest absolute Gasteiger partial charge is 0.322 e. The second-order valence-corrected chi connectivity index (χ2v) is 3.59. The highest BCUT2D eigenvalue weighted by molar-refractivity contribution is 6.28. The van der Waals surface area contributed by atoms with Gasteiger partial charge in [-0.25, -0.2) is 0 Å². The van der Waals surface area contributed by atoms with Crippen LogP contribution in [0.1, 0.15) is 6.42 Å². The van der Waals surface area contributed by atoms with Crippen LogP contribution in [0.3, 0.4) is 0 Å². The highest BCUT2D eigenvalue weighted by Gasteiger charge is 2.16. The Labute approximate surface area is 92.4 Å². The Kier molecular flexibility index (Phi) is 3.17. The van der Waals surface area contributed by atoms with Crippen molar-refractivity contribution < 1.29 is 4.74 Å². The van der Waals surface area contributed by atoms with Gasteiger partial charge in [0.15, 0.2) is 0 Å². The summed E-state index contributed by atoms with van der Waals surface area (Å²) in [6, 6.07) is 0.566. The second kappa shape index (κ2) is 4.59. The molecule has 1 aromatic heterocycles. The molecule has 0 spiro atoms. The van der Waals surface area contributed by atoms with E-state index >= 15 is 0 Å². The third kappa shape index (κ3) is 2.66. The second-order valence-electron chi connectivity index (χ2n) is 3.25. The molecule has 2 rings (SSSR count). The fourth-order valence-corrected chi connectivity index (χ4v) is 1.60. The topological polar surface area (TPSA) is 72.0 Å². The van der Waals surface area contributed by atoms with Gasteiger partial charge >= 0.3 is 6.01 Å². The Morgan fingerprint density at radius 1 is 1.47 bits per heavy atom. The summed E-state index contributed by atoms with van der Waals surface area (Å²) in [5, 5.41) is 6.54. The standard InChI is InChI=1S/C8H12ClN5O/c1-15-8-13-6(9)12-7(14-8)11-5-2-3-10-4-5/h5,10H,2-4H2,1H3,(H,11,12,13,14). The summed E-state index contributed by atoms with van der Waals surface area (Å²) >= 11 is 5.72. The zero-order valence-corrected chi connectivity index (χ0v) is 9.08. The number of hydrogen-bond donors (Lipinski definition) is 2. The summed E-state index contributed by atoms with van der Waals surface area (Å²) in [7, 11) is 1.49. The van der Waals surface area contributed by atoms with Crippen LogP contribution >= 0.6 is 11.6 Å². The number of ether oxygens (including phenoxy) is 1. The maximum Gasteiger partial charge on any atom is 0.322 e. The lowest BCUT2D eigenvalue weighted by atomic mass is 10.3. The minimum Gasteiger partial charge on any atom is -0.467 e. The molecule has 15 heavy (non-hydrogen) atoms. The number of methoxy groups -OCH3 is 1. The van der Waals surface area contributed by atoms with Gasteiger partial charge in [0.2, 0.25) is 11.2 Å². The predicted molar refractivity (Wildman–Crippen MR) is 56.3 cm³/mol. The van der Waals surface area contributed by atoms with E-state index in [1.165, 1.54) is 7.11 Å². The zero-order valence-electron chi connectivity index (χ0n) is 8.33. The Balaban J connectivity index is 2.09. The van der Waals surface area contributed by atoms with Gasteiger partial charge in [-0.05, 0) is 24.6 Å². The molecule has 1 aromatic rings. The van der Waals surface area contributed by atoms with Crippen molar-refractivity contribution in [2.24, 2.45) is 0 Å². The molecule has 2 N–H and O–H groups in total. The van der Waals surface area contributed by atoms with E-state index in [0.29, 0.717) is 12.0 Å². The number of nitrogens with zero attached hydrogens (tertiary/aromatic N) is 3. The molecular weight excluding hydrogens is 218 g/mol. The summed E-state index contributed by atoms with van der Waals surface area (Å²) in [4.78, 5) is 11.8. The molecule has 0 saturated carbocycles. The van der Waals surface area contributed by atoms with Crippen LogP contribution < -0.4 is 15.4 Å². The van der Waals surface area contributed by atoms with Gasteiger partial charge in [-0.15, -0.1) is 0 Å². The summed E-state index contributed by atoms with van der Waals surface area (Å²) < 4.78 is 4.90. The van der Waals surface area contributed by atoms with Crippen molar-refractivity contribution in [2.75, 3.05) is 25.5 Å². The van der Waals surface area contributed by atoms with E-state index < -0.39 is 0 Å². The Morgan fingerprint density at radius 3 is 3.00 bits per heavy atom. The zero-order chi connectivity index (χ0) is 10.7. The molecule has 6 nitrogen and oxygen atoms in total. The largest absolute Gasteiger partial charge is 0.467 e. The van der Waals surface area contributed by atoms with E-state index in [9.17, 15) is 0 Å². The first-order valence-corrected chi connectivity index (χ1v) is 5.08. The molecule has 82 valence electrons. The molecule has 0 bridgehead atoms. The third-order valence-corrected chi connectivity index (χ3v) is 2.33. The van der Waals surface area contributed by atoms with Gasteiger partial charge in [0.1, 0.15) is 0 Å². The molecule has 0 amide bonds. The first-order valence-electron chi connectivity index (χ1n) is 4.71. The number of aromatic nitrogens is 3. The molecular formula is C8H12ClN5O. The highest BCUT2D eigenvalue weighted by Crippen LogP contribution is 2.12. The molecule has 0 aromatic carbocycles. The maximum atomic E-state index is 5.72. The number of anilines is 1. The van der Waals surface area contributed by atoms with Crippen molar-refractivity contribution in [3.63, 3.8) is 0 Å². The van der Waals surface area contributed by atoms with Crippen LogP contribution in [-0.4, -0.2) is 41.2 Å². The fourth-order valence-electron chi connectivity index (χ4n) is 1.45. The average molecular weight is 230 g/mol. The molecule has 0 radical (unpaired) electrons. The van der Waals surface area contributed by atoms with Crippen molar-refractivity contribution in [2.45, 2.75) is 12.5 Å². The van der Waals surface area contributed by atoms with Crippen LogP contribution in [0.25, 0.3) is 0 Å². The number of hydrogen-bond acceptors (Lipinski definition) is 6.